The van der Waals surface area contributed by atoms with Crippen LogP contribution in [0.15, 0.2) is 39.8 Å². The highest BCUT2D eigenvalue weighted by Crippen LogP contribution is 2.26. The lowest BCUT2D eigenvalue weighted by Gasteiger charge is -2.13. The summed E-state index contributed by atoms with van der Waals surface area (Å²) in [6, 6.07) is 7.90. The van der Waals surface area contributed by atoms with E-state index in [1.807, 2.05) is 38.2 Å². The molecule has 0 aliphatic rings. The fourth-order valence-electron chi connectivity index (χ4n) is 3.64. The first kappa shape index (κ1) is 19.6. The molecular weight excluding hydrogens is 382 g/mol. The third-order valence-electron chi connectivity index (χ3n) is 5.20. The summed E-state index contributed by atoms with van der Waals surface area (Å²) in [6.07, 6.45) is 2.73. The molecule has 154 valence electrons. The van der Waals surface area contributed by atoms with Gasteiger partial charge in [-0.25, -0.2) is 4.79 Å². The standard InChI is InChI=1S/C22H23N5O3/c1-11(2)17-10-23-18-6-5-14(24-19(17)18)9-16-12(3)7-15(8-13(16)4)25-21(28)20-26-22(29)30-27-20/h5-8,10-11,23H,9H2,1-4H3,(H,25,28)(H,26,27,29). The van der Waals surface area contributed by atoms with Gasteiger partial charge < -0.3 is 10.3 Å². The number of nitrogens with one attached hydrogen (secondary N) is 3. The highest BCUT2D eigenvalue weighted by Gasteiger charge is 2.15. The van der Waals surface area contributed by atoms with Crippen LogP contribution in [-0.4, -0.2) is 26.0 Å². The molecule has 0 saturated heterocycles. The molecule has 4 aromatic rings. The molecule has 3 N–H and O–H groups in total. The van der Waals surface area contributed by atoms with Crippen LogP contribution in [0.5, 0.6) is 0 Å². The number of benzene rings is 1. The maximum Gasteiger partial charge on any atom is 0.439 e. The van der Waals surface area contributed by atoms with E-state index in [9.17, 15) is 9.59 Å². The van der Waals surface area contributed by atoms with Crippen molar-refractivity contribution in [2.24, 2.45) is 0 Å². The van der Waals surface area contributed by atoms with Gasteiger partial charge in [-0.15, -0.1) is 0 Å². The number of pyridine rings is 1. The van der Waals surface area contributed by atoms with Crippen molar-refractivity contribution in [2.75, 3.05) is 5.32 Å². The number of H-pyrrole nitrogens is 2. The topological polar surface area (TPSA) is 117 Å². The number of aromatic amines is 2. The van der Waals surface area contributed by atoms with Gasteiger partial charge in [-0.05, 0) is 71.4 Å². The molecule has 0 spiro atoms. The average molecular weight is 405 g/mol. The molecule has 1 aromatic carbocycles. The summed E-state index contributed by atoms with van der Waals surface area (Å²) in [4.78, 5) is 33.6. The molecule has 0 bridgehead atoms. The Kier molecular flexibility index (Phi) is 4.99. The van der Waals surface area contributed by atoms with Crippen LogP contribution in [0.2, 0.25) is 0 Å². The first-order chi connectivity index (χ1) is 14.3. The molecule has 0 unspecified atom stereocenters. The number of nitrogens with zero attached hydrogens (tertiary/aromatic N) is 2. The number of hydrogen-bond donors (Lipinski definition) is 3. The molecule has 0 aliphatic carbocycles. The number of carbonyl (C=O) groups excluding carboxylic acids is 1. The second-order valence-electron chi connectivity index (χ2n) is 7.76. The Morgan fingerprint density at radius 1 is 1.20 bits per heavy atom. The summed E-state index contributed by atoms with van der Waals surface area (Å²) < 4.78 is 4.37. The van der Waals surface area contributed by atoms with Crippen molar-refractivity contribution in [3.05, 3.63) is 74.8 Å². The molecule has 0 aliphatic heterocycles. The fourth-order valence-corrected chi connectivity index (χ4v) is 3.64. The van der Waals surface area contributed by atoms with Crippen molar-refractivity contribution in [1.82, 2.24) is 20.1 Å². The maximum atomic E-state index is 12.2. The normalized spacial score (nSPS) is 11.4. The zero-order chi connectivity index (χ0) is 21.4. The van der Waals surface area contributed by atoms with E-state index in [0.29, 0.717) is 18.0 Å². The molecule has 1 amide bonds. The first-order valence-corrected chi connectivity index (χ1v) is 9.76. The SMILES string of the molecule is Cc1cc(NC(=O)c2noc(=O)[nH]2)cc(C)c1Cc1ccc2[nH]cc(C(C)C)c2n1. The third-order valence-corrected chi connectivity index (χ3v) is 5.20. The van der Waals surface area contributed by atoms with Gasteiger partial charge in [0.05, 0.1) is 11.0 Å². The van der Waals surface area contributed by atoms with Crippen LogP contribution in [0.1, 0.15) is 58.3 Å². The van der Waals surface area contributed by atoms with Crippen molar-refractivity contribution in [1.29, 1.82) is 0 Å². The van der Waals surface area contributed by atoms with Gasteiger partial charge in [-0.3, -0.25) is 19.3 Å². The Morgan fingerprint density at radius 2 is 1.93 bits per heavy atom. The molecule has 4 rings (SSSR count). The summed E-state index contributed by atoms with van der Waals surface area (Å²) in [5.41, 5.74) is 8.13. The second-order valence-corrected chi connectivity index (χ2v) is 7.76. The van der Waals surface area contributed by atoms with Gasteiger partial charge in [0.25, 0.3) is 5.91 Å². The number of aryl methyl sites for hydroxylation is 2. The second kappa shape index (κ2) is 7.62. The summed E-state index contributed by atoms with van der Waals surface area (Å²) >= 11 is 0. The molecule has 3 heterocycles. The molecule has 0 atom stereocenters. The minimum absolute atomic E-state index is 0.163. The molecular formula is C22H23N5O3. The van der Waals surface area contributed by atoms with Crippen molar-refractivity contribution < 1.29 is 9.32 Å². The first-order valence-electron chi connectivity index (χ1n) is 9.76. The highest BCUT2D eigenvalue weighted by atomic mass is 16.5. The van der Waals surface area contributed by atoms with Crippen molar-refractivity contribution >= 4 is 22.6 Å². The number of amides is 1. The molecule has 0 saturated carbocycles. The van der Waals surface area contributed by atoms with Crippen LogP contribution >= 0.6 is 0 Å². The van der Waals surface area contributed by atoms with Gasteiger partial charge in [-0.2, -0.15) is 0 Å². The van der Waals surface area contributed by atoms with Gasteiger partial charge >= 0.3 is 5.76 Å². The maximum absolute atomic E-state index is 12.2. The van der Waals surface area contributed by atoms with Gasteiger partial charge in [-0.1, -0.05) is 13.8 Å². The number of carbonyl (C=O) groups is 1. The summed E-state index contributed by atoms with van der Waals surface area (Å²) in [5.74, 6) is -1.07. The van der Waals surface area contributed by atoms with Crippen LogP contribution in [0.4, 0.5) is 5.69 Å². The number of aromatic nitrogens is 4. The van der Waals surface area contributed by atoms with E-state index >= 15 is 0 Å². The highest BCUT2D eigenvalue weighted by molar-refractivity contribution is 6.01. The van der Waals surface area contributed by atoms with Crippen LogP contribution in [0, 0.1) is 13.8 Å². The van der Waals surface area contributed by atoms with E-state index in [1.165, 1.54) is 5.56 Å². The number of anilines is 1. The molecule has 0 fully saturated rings. The minimum Gasteiger partial charge on any atom is -0.360 e. The van der Waals surface area contributed by atoms with Gasteiger partial charge in [0, 0.05) is 24.0 Å². The summed E-state index contributed by atoms with van der Waals surface area (Å²) in [6.45, 7) is 8.33. The van der Waals surface area contributed by atoms with Crippen LogP contribution in [0.3, 0.4) is 0 Å². The monoisotopic (exact) mass is 405 g/mol. The largest absolute Gasteiger partial charge is 0.439 e. The van der Waals surface area contributed by atoms with Crippen LogP contribution in [-0.2, 0) is 6.42 Å². The molecule has 3 aromatic heterocycles. The van der Waals surface area contributed by atoms with E-state index in [-0.39, 0.29) is 5.82 Å². The van der Waals surface area contributed by atoms with E-state index < -0.39 is 11.7 Å². The van der Waals surface area contributed by atoms with Gasteiger partial charge in [0.2, 0.25) is 5.82 Å². The fraction of sp³-hybridized carbons (Fsp3) is 0.273. The quantitative estimate of drug-likeness (QED) is 0.467. The van der Waals surface area contributed by atoms with Gasteiger partial charge in [0.15, 0.2) is 0 Å². The molecule has 0 radical (unpaired) electrons. The third kappa shape index (κ3) is 3.76. The van der Waals surface area contributed by atoms with Crippen molar-refractivity contribution in [3.8, 4) is 0 Å². The Morgan fingerprint density at radius 3 is 2.57 bits per heavy atom. The van der Waals surface area contributed by atoms with Crippen molar-refractivity contribution in [2.45, 2.75) is 40.0 Å². The van der Waals surface area contributed by atoms with E-state index in [0.717, 1.165) is 33.4 Å². The Balaban J connectivity index is 1.59. The Hall–Kier alpha value is -3.68. The number of hydrogen-bond acceptors (Lipinski definition) is 5. The van der Waals surface area contributed by atoms with E-state index in [1.54, 1.807) is 0 Å². The summed E-state index contributed by atoms with van der Waals surface area (Å²) in [7, 11) is 0. The average Bonchev–Trinajstić information content (AvgIpc) is 3.30. The van der Waals surface area contributed by atoms with Crippen molar-refractivity contribution in [3.63, 3.8) is 0 Å². The Labute approximate surface area is 172 Å². The van der Waals surface area contributed by atoms with Crippen LogP contribution < -0.4 is 11.1 Å². The summed E-state index contributed by atoms with van der Waals surface area (Å²) in [5, 5.41) is 6.14. The number of rotatable bonds is 5. The molecule has 8 nitrogen and oxygen atoms in total. The van der Waals surface area contributed by atoms with Crippen LogP contribution in [0.25, 0.3) is 11.0 Å². The smallest absolute Gasteiger partial charge is 0.360 e. The lowest BCUT2D eigenvalue weighted by molar-refractivity contribution is 0.101. The van der Waals surface area contributed by atoms with Gasteiger partial charge in [0.1, 0.15) is 0 Å². The number of fused-ring (bicyclic) bond motifs is 1. The lowest BCUT2D eigenvalue weighted by Crippen LogP contribution is -2.15. The predicted molar refractivity (Wildman–Crippen MR) is 114 cm³/mol. The van der Waals surface area contributed by atoms with E-state index in [2.05, 4.69) is 44.9 Å². The lowest BCUT2D eigenvalue weighted by atomic mass is 9.97. The zero-order valence-electron chi connectivity index (χ0n) is 17.3. The molecule has 30 heavy (non-hydrogen) atoms. The zero-order valence-corrected chi connectivity index (χ0v) is 17.3. The molecule has 8 heteroatoms. The Bertz CT molecular complexity index is 1270. The van der Waals surface area contributed by atoms with E-state index in [4.69, 9.17) is 4.98 Å². The minimum atomic E-state index is -0.768. The predicted octanol–water partition coefficient (Wildman–Crippen LogP) is 3.82.